The average Bonchev–Trinajstić information content (AvgIpc) is 2.74. The quantitative estimate of drug-likeness (QED) is 0.526. The summed E-state index contributed by atoms with van der Waals surface area (Å²) in [6.07, 6.45) is 0. The largest absolute Gasteiger partial charge is 0.594 e. The molecule has 1 aliphatic rings. The molecule has 6 heteroatoms. The van der Waals surface area contributed by atoms with E-state index in [0.717, 1.165) is 0 Å². The van der Waals surface area contributed by atoms with Gasteiger partial charge in [0.1, 0.15) is 5.69 Å². The fourth-order valence-corrected chi connectivity index (χ4v) is 1.99. The van der Waals surface area contributed by atoms with Crippen LogP contribution in [0.15, 0.2) is 47.6 Å². The summed E-state index contributed by atoms with van der Waals surface area (Å²) < 4.78 is 0. The molecular weight excluding hydrogens is 260 g/mol. The predicted molar refractivity (Wildman–Crippen MR) is 68.7 cm³/mol. The van der Waals surface area contributed by atoms with E-state index in [1.807, 2.05) is 0 Å². The topological polar surface area (TPSA) is 92.8 Å². The van der Waals surface area contributed by atoms with E-state index in [0.29, 0.717) is 27.4 Å². The number of ketones is 1. The summed E-state index contributed by atoms with van der Waals surface area (Å²) in [7, 11) is 0. The minimum absolute atomic E-state index is 0.108. The highest BCUT2D eigenvalue weighted by molar-refractivity contribution is 6.12. The van der Waals surface area contributed by atoms with Gasteiger partial charge in [0.25, 0.3) is 0 Å². The van der Waals surface area contributed by atoms with Gasteiger partial charge in [-0.3, -0.25) is 4.79 Å². The van der Waals surface area contributed by atoms with E-state index in [1.165, 1.54) is 36.4 Å². The van der Waals surface area contributed by atoms with Crippen molar-refractivity contribution >= 4 is 23.1 Å². The Morgan fingerprint density at radius 3 is 2.35 bits per heavy atom. The predicted octanol–water partition coefficient (Wildman–Crippen LogP) is 2.85. The van der Waals surface area contributed by atoms with Crippen LogP contribution < -0.4 is 0 Å². The Labute approximate surface area is 113 Å². The number of rotatable bonds is 3. The number of hydrogen-bond acceptors (Lipinski definition) is 4. The summed E-state index contributed by atoms with van der Waals surface area (Å²) >= 11 is 0. The van der Waals surface area contributed by atoms with Crippen LogP contribution in [0, 0.1) is 5.21 Å². The summed E-state index contributed by atoms with van der Waals surface area (Å²) in [4.78, 5) is 23.5. The summed E-state index contributed by atoms with van der Waals surface area (Å²) in [5, 5.41) is 23.8. The smallest absolute Gasteiger partial charge is 0.335 e. The molecule has 1 N–H and O–H groups in total. The van der Waals surface area contributed by atoms with E-state index in [1.54, 1.807) is 6.07 Å². The molecule has 2 aromatic carbocycles. The van der Waals surface area contributed by atoms with Crippen molar-refractivity contribution in [1.82, 2.24) is 0 Å². The number of carboxylic acids is 1. The maximum absolute atomic E-state index is 12.3. The number of fused-ring (bicyclic) bond motifs is 2. The van der Waals surface area contributed by atoms with Crippen LogP contribution in [-0.4, -0.2) is 21.7 Å². The zero-order valence-electron chi connectivity index (χ0n) is 10.1. The molecular formula is C14H8N2O4. The number of aromatic carboxylic acids is 1. The Bertz CT molecular complexity index is 763. The fourth-order valence-electron chi connectivity index (χ4n) is 1.99. The fraction of sp³-hybridized carbons (Fsp3) is 0. The molecule has 1 aliphatic heterocycles. The number of carboxylic acid groups (broad SMARTS) is 1. The highest BCUT2D eigenvalue weighted by Gasteiger charge is 2.23. The molecule has 2 aromatic rings. The Hall–Kier alpha value is -3.02. The van der Waals surface area contributed by atoms with Crippen molar-refractivity contribution in [3.63, 3.8) is 0 Å². The lowest BCUT2D eigenvalue weighted by Crippen LogP contribution is -2.02. The number of carbonyl (C=O) groups excluding carboxylic acids is 1. The molecule has 0 fully saturated rings. The molecule has 0 amide bonds. The zero-order valence-corrected chi connectivity index (χ0v) is 10.1. The van der Waals surface area contributed by atoms with Crippen molar-refractivity contribution in [2.75, 3.05) is 0 Å². The minimum Gasteiger partial charge on any atom is -0.594 e. The van der Waals surface area contributed by atoms with Gasteiger partial charge in [0.05, 0.1) is 11.1 Å². The SMILES string of the molecule is O=C(O)c1ccc(C(=O)c2ccc3cc2N=[N+]3[O-])cc1. The maximum Gasteiger partial charge on any atom is 0.335 e. The molecule has 0 radical (unpaired) electrons. The van der Waals surface area contributed by atoms with Crippen LogP contribution >= 0.6 is 0 Å². The first-order chi connectivity index (χ1) is 9.56. The molecule has 98 valence electrons. The number of benzene rings is 2. The van der Waals surface area contributed by atoms with Crippen molar-refractivity contribution in [1.29, 1.82) is 0 Å². The molecule has 0 spiro atoms. The number of azo groups is 1. The van der Waals surface area contributed by atoms with Crippen molar-refractivity contribution in [3.05, 3.63) is 64.4 Å². The molecule has 0 aliphatic carbocycles. The second-order valence-electron chi connectivity index (χ2n) is 4.29. The van der Waals surface area contributed by atoms with Gasteiger partial charge in [-0.2, -0.15) is 0 Å². The molecule has 0 saturated carbocycles. The molecule has 0 aromatic heterocycles. The third kappa shape index (κ3) is 1.83. The van der Waals surface area contributed by atoms with E-state index in [2.05, 4.69) is 5.11 Å². The van der Waals surface area contributed by atoms with Crippen molar-refractivity contribution in [2.24, 2.45) is 5.11 Å². The minimum atomic E-state index is -1.05. The highest BCUT2D eigenvalue weighted by Crippen LogP contribution is 2.33. The van der Waals surface area contributed by atoms with E-state index >= 15 is 0 Å². The van der Waals surface area contributed by atoms with Gasteiger partial charge >= 0.3 is 5.97 Å². The second kappa shape index (κ2) is 4.27. The first-order valence-electron chi connectivity index (χ1n) is 5.77. The molecule has 20 heavy (non-hydrogen) atoms. The summed E-state index contributed by atoms with van der Waals surface area (Å²) in [6, 6.07) is 10.2. The molecule has 1 heterocycles. The molecule has 0 unspecified atom stereocenters. The van der Waals surface area contributed by atoms with E-state index < -0.39 is 5.97 Å². The molecule has 0 atom stereocenters. The number of carbonyl (C=O) groups is 2. The monoisotopic (exact) mass is 268 g/mol. The Kier molecular flexibility index (Phi) is 2.57. The Morgan fingerprint density at radius 2 is 1.70 bits per heavy atom. The lowest BCUT2D eigenvalue weighted by Gasteiger charge is -2.01. The highest BCUT2D eigenvalue weighted by atomic mass is 16.5. The van der Waals surface area contributed by atoms with Gasteiger partial charge in [0.15, 0.2) is 5.78 Å². The van der Waals surface area contributed by atoms with Gasteiger partial charge in [0, 0.05) is 22.8 Å². The van der Waals surface area contributed by atoms with E-state index in [9.17, 15) is 14.8 Å². The van der Waals surface area contributed by atoms with Gasteiger partial charge in [-0.1, -0.05) is 17.0 Å². The van der Waals surface area contributed by atoms with Gasteiger partial charge in [-0.15, -0.1) is 0 Å². The summed E-state index contributed by atoms with van der Waals surface area (Å²) in [5.41, 5.74) is 1.48. The van der Waals surface area contributed by atoms with Crippen LogP contribution in [0.5, 0.6) is 0 Å². The van der Waals surface area contributed by atoms with E-state index in [-0.39, 0.29) is 11.3 Å². The number of nitrogens with zero attached hydrogens (tertiary/aromatic N) is 2. The van der Waals surface area contributed by atoms with Crippen LogP contribution in [0.4, 0.5) is 11.4 Å². The maximum atomic E-state index is 12.3. The van der Waals surface area contributed by atoms with Gasteiger partial charge in [-0.05, 0) is 18.2 Å². The Morgan fingerprint density at radius 1 is 1.05 bits per heavy atom. The van der Waals surface area contributed by atoms with Gasteiger partial charge in [0.2, 0.25) is 5.69 Å². The summed E-state index contributed by atoms with van der Waals surface area (Å²) in [6.45, 7) is 0. The van der Waals surface area contributed by atoms with Crippen molar-refractivity contribution < 1.29 is 19.6 Å². The van der Waals surface area contributed by atoms with Crippen LogP contribution in [0.3, 0.4) is 0 Å². The Balaban J connectivity index is 1.97. The van der Waals surface area contributed by atoms with Crippen molar-refractivity contribution in [3.8, 4) is 0 Å². The van der Waals surface area contributed by atoms with Gasteiger partial charge < -0.3 is 10.3 Å². The van der Waals surface area contributed by atoms with Gasteiger partial charge in [-0.25, -0.2) is 4.79 Å². The first kappa shape index (κ1) is 12.0. The molecule has 3 rings (SSSR count). The third-order valence-electron chi connectivity index (χ3n) is 3.04. The zero-order chi connectivity index (χ0) is 14.3. The number of hydrogen-bond donors (Lipinski definition) is 1. The van der Waals surface area contributed by atoms with Crippen molar-refractivity contribution in [2.45, 2.75) is 0 Å². The van der Waals surface area contributed by atoms with E-state index in [4.69, 9.17) is 5.11 Å². The lowest BCUT2D eigenvalue weighted by molar-refractivity contribution is -0.430. The standard InChI is InChI=1S/C14H8N2O4/c17-13(8-1-3-9(4-2-8)14(18)19)11-6-5-10-7-12(11)15-16(10)20/h1-7H,(H,18,19). The van der Waals surface area contributed by atoms with Crippen LogP contribution in [0.1, 0.15) is 26.3 Å². The normalized spacial score (nSPS) is 12.1. The molecule has 6 nitrogen and oxygen atoms in total. The third-order valence-corrected chi connectivity index (χ3v) is 3.04. The second-order valence-corrected chi connectivity index (χ2v) is 4.29. The molecule has 0 saturated heterocycles. The molecule has 2 bridgehead atoms. The average molecular weight is 268 g/mol. The van der Waals surface area contributed by atoms with Crippen LogP contribution in [0.25, 0.3) is 0 Å². The van der Waals surface area contributed by atoms with Crippen LogP contribution in [0.2, 0.25) is 0 Å². The van der Waals surface area contributed by atoms with Crippen LogP contribution in [-0.2, 0) is 0 Å². The first-order valence-corrected chi connectivity index (χ1v) is 5.77. The lowest BCUT2D eigenvalue weighted by atomic mass is 10.0. The summed E-state index contributed by atoms with van der Waals surface area (Å²) in [5.74, 6) is -1.36.